The number of carbonyl (C=O) groups is 1. The molecule has 6 N–H and O–H groups in total. The lowest BCUT2D eigenvalue weighted by atomic mass is 9.98. The number of aliphatic hydroxyl groups is 1. The zero-order valence-electron chi connectivity index (χ0n) is 22.9. The van der Waals surface area contributed by atoms with Crippen LogP contribution in [-0.4, -0.2) is 46.1 Å². The van der Waals surface area contributed by atoms with Crippen LogP contribution in [0.15, 0.2) is 83.7 Å². The quantitative estimate of drug-likeness (QED) is 0.109. The van der Waals surface area contributed by atoms with Crippen molar-refractivity contribution < 1.29 is 24.9 Å². The van der Waals surface area contributed by atoms with E-state index >= 15 is 0 Å². The zero-order valence-corrected chi connectivity index (χ0v) is 22.9. The Hall–Kier alpha value is -4.34. The molecule has 9 heteroatoms. The van der Waals surface area contributed by atoms with Gasteiger partial charge in [-0.05, 0) is 60.3 Å². The summed E-state index contributed by atoms with van der Waals surface area (Å²) in [6.45, 7) is 1.74. The van der Waals surface area contributed by atoms with Crippen LogP contribution in [0.25, 0.3) is 10.9 Å². The van der Waals surface area contributed by atoms with Gasteiger partial charge in [0.1, 0.15) is 11.5 Å². The Bertz CT molecular complexity index is 1470. The molecule has 0 bridgehead atoms. The molecule has 9 nitrogen and oxygen atoms in total. The molecule has 1 aromatic heterocycles. The number of nitrogens with one attached hydrogen (secondary N) is 3. The van der Waals surface area contributed by atoms with Gasteiger partial charge in [0.25, 0.3) is 0 Å². The third-order valence-electron chi connectivity index (χ3n) is 6.96. The predicted molar refractivity (Wildman–Crippen MR) is 159 cm³/mol. The maximum atomic E-state index is 11.6. The lowest BCUT2D eigenvalue weighted by Gasteiger charge is -2.19. The molecule has 2 atom stereocenters. The number of benzene rings is 3. The number of aliphatic hydroxyl groups excluding tert-OH is 1. The molecule has 0 saturated carbocycles. The summed E-state index contributed by atoms with van der Waals surface area (Å²) in [7, 11) is 0. The number of carboxylic acid groups (broad SMARTS) is 1. The first-order chi connectivity index (χ1) is 19.9. The van der Waals surface area contributed by atoms with Crippen LogP contribution in [-0.2, 0) is 0 Å². The molecule has 0 spiro atoms. The van der Waals surface area contributed by atoms with Gasteiger partial charge in [0.05, 0.1) is 24.3 Å². The fraction of sp³-hybridized carbons (Fsp3) is 0.312. The molecule has 3 aromatic carbocycles. The van der Waals surface area contributed by atoms with Crippen molar-refractivity contribution >= 4 is 17.0 Å². The molecule has 4 rings (SSSR count). The number of aromatic nitrogens is 1. The minimum absolute atomic E-state index is 0.0229. The van der Waals surface area contributed by atoms with Gasteiger partial charge < -0.3 is 35.7 Å². The fourth-order valence-electron chi connectivity index (χ4n) is 4.88. The van der Waals surface area contributed by atoms with E-state index in [1.165, 1.54) is 12.1 Å². The number of aromatic amines is 1. The molecule has 1 unspecified atom stereocenters. The highest BCUT2D eigenvalue weighted by Gasteiger charge is 2.17. The molecule has 0 radical (unpaired) electrons. The Morgan fingerprint density at radius 3 is 2.44 bits per heavy atom. The maximum Gasteiger partial charge on any atom is 0.405 e. The van der Waals surface area contributed by atoms with Crippen molar-refractivity contribution in [2.24, 2.45) is 0 Å². The van der Waals surface area contributed by atoms with Gasteiger partial charge in [-0.15, -0.1) is 0 Å². The SMILES string of the molecule is O=C(O)NC(c1ccccc1)c1cccc(OCCCCCCCNC[C@H](O)c2ccc(O)c3[nH]c(=O)ccc23)c1. The number of hydrogen-bond donors (Lipinski definition) is 6. The highest BCUT2D eigenvalue weighted by molar-refractivity contribution is 5.87. The average molecular weight is 560 g/mol. The van der Waals surface area contributed by atoms with Crippen molar-refractivity contribution in [3.63, 3.8) is 0 Å². The lowest BCUT2D eigenvalue weighted by Crippen LogP contribution is -2.27. The van der Waals surface area contributed by atoms with Crippen LogP contribution in [0.5, 0.6) is 11.5 Å². The van der Waals surface area contributed by atoms with Crippen LogP contribution >= 0.6 is 0 Å². The number of unbranched alkanes of at least 4 members (excludes halogenated alkanes) is 4. The van der Waals surface area contributed by atoms with Crippen LogP contribution in [0.4, 0.5) is 4.79 Å². The van der Waals surface area contributed by atoms with Crippen molar-refractivity contribution in [1.82, 2.24) is 15.6 Å². The highest BCUT2D eigenvalue weighted by atomic mass is 16.5. The van der Waals surface area contributed by atoms with Gasteiger partial charge in [0.2, 0.25) is 5.56 Å². The molecule has 4 aromatic rings. The van der Waals surface area contributed by atoms with E-state index in [-0.39, 0.29) is 11.3 Å². The summed E-state index contributed by atoms with van der Waals surface area (Å²) in [5.74, 6) is 0.691. The summed E-state index contributed by atoms with van der Waals surface area (Å²) in [6.07, 6.45) is 3.22. The Morgan fingerprint density at radius 2 is 1.63 bits per heavy atom. The predicted octanol–water partition coefficient (Wildman–Crippen LogP) is 5.24. The molecule has 0 fully saturated rings. The molecule has 216 valence electrons. The van der Waals surface area contributed by atoms with E-state index in [1.54, 1.807) is 12.1 Å². The smallest absolute Gasteiger partial charge is 0.405 e. The van der Waals surface area contributed by atoms with E-state index in [9.17, 15) is 24.9 Å². The number of H-pyrrole nitrogens is 1. The number of pyridine rings is 1. The molecule has 41 heavy (non-hydrogen) atoms. The molecule has 1 amide bonds. The number of fused-ring (bicyclic) bond motifs is 1. The highest BCUT2D eigenvalue weighted by Crippen LogP contribution is 2.29. The molecular formula is C32H37N3O6. The summed E-state index contributed by atoms with van der Waals surface area (Å²) in [4.78, 5) is 25.6. The van der Waals surface area contributed by atoms with Crippen LogP contribution < -0.4 is 20.9 Å². The first-order valence-corrected chi connectivity index (χ1v) is 13.9. The Morgan fingerprint density at radius 1 is 0.878 bits per heavy atom. The van der Waals surface area contributed by atoms with Crippen molar-refractivity contribution in [1.29, 1.82) is 0 Å². The first kappa shape index (κ1) is 29.6. The second-order valence-electron chi connectivity index (χ2n) is 9.99. The number of phenolic OH excluding ortho intramolecular Hbond substituents is 1. The van der Waals surface area contributed by atoms with Gasteiger partial charge in [-0.2, -0.15) is 0 Å². The van der Waals surface area contributed by atoms with E-state index in [0.29, 0.717) is 35.4 Å². The average Bonchev–Trinajstić information content (AvgIpc) is 2.97. The van der Waals surface area contributed by atoms with E-state index < -0.39 is 18.2 Å². The first-order valence-electron chi connectivity index (χ1n) is 13.9. The largest absolute Gasteiger partial charge is 0.506 e. The van der Waals surface area contributed by atoms with Crippen LogP contribution in [0.1, 0.15) is 60.9 Å². The van der Waals surface area contributed by atoms with Gasteiger partial charge in [0, 0.05) is 18.0 Å². The summed E-state index contributed by atoms with van der Waals surface area (Å²) >= 11 is 0. The topological polar surface area (TPSA) is 144 Å². The second kappa shape index (κ2) is 14.9. The minimum atomic E-state index is -1.08. The summed E-state index contributed by atoms with van der Waals surface area (Å²) in [6, 6.07) is 22.7. The third kappa shape index (κ3) is 8.57. The third-order valence-corrected chi connectivity index (χ3v) is 6.96. The van der Waals surface area contributed by atoms with Crippen LogP contribution in [0.3, 0.4) is 0 Å². The van der Waals surface area contributed by atoms with Crippen molar-refractivity contribution in [2.45, 2.75) is 44.2 Å². The minimum Gasteiger partial charge on any atom is -0.506 e. The van der Waals surface area contributed by atoms with Crippen LogP contribution in [0, 0.1) is 0 Å². The Kier molecular flexibility index (Phi) is 10.8. The number of rotatable bonds is 15. The summed E-state index contributed by atoms with van der Waals surface area (Å²) in [5, 5.41) is 36.5. The molecular weight excluding hydrogens is 522 g/mol. The summed E-state index contributed by atoms with van der Waals surface area (Å²) < 4.78 is 5.95. The summed E-state index contributed by atoms with van der Waals surface area (Å²) in [5.41, 5.74) is 2.36. The number of amides is 1. The molecule has 0 aliphatic heterocycles. The molecule has 0 aliphatic rings. The maximum absolute atomic E-state index is 11.6. The van der Waals surface area contributed by atoms with E-state index in [4.69, 9.17) is 4.74 Å². The number of hydrogen-bond acceptors (Lipinski definition) is 6. The normalized spacial score (nSPS) is 12.6. The standard InChI is InChI=1S/C32H37N3O6/c36-27-16-14-25(26-15-17-29(38)34-31(26)27)28(37)21-33-18-7-2-1-3-8-19-41-24-13-9-12-23(20-24)30(35-32(39)40)22-10-5-4-6-11-22/h4-6,9-17,20,28,30,33,35-37H,1-3,7-8,18-19,21H2,(H,34,38)(H,39,40)/t28-,30?/m0/s1. The number of phenols is 1. The van der Waals surface area contributed by atoms with Gasteiger partial charge in [-0.1, -0.05) is 67.8 Å². The van der Waals surface area contributed by atoms with Crippen LogP contribution in [0.2, 0.25) is 0 Å². The van der Waals surface area contributed by atoms with Crippen molar-refractivity contribution in [3.05, 3.63) is 106 Å². The number of aromatic hydroxyl groups is 1. The Labute approximate surface area is 238 Å². The lowest BCUT2D eigenvalue weighted by molar-refractivity contribution is 0.176. The van der Waals surface area contributed by atoms with Gasteiger partial charge in [0.15, 0.2) is 0 Å². The fourth-order valence-corrected chi connectivity index (χ4v) is 4.88. The van der Waals surface area contributed by atoms with Crippen molar-refractivity contribution in [3.8, 4) is 11.5 Å². The van der Waals surface area contributed by atoms with E-state index in [0.717, 1.165) is 49.8 Å². The zero-order chi connectivity index (χ0) is 29.0. The van der Waals surface area contributed by atoms with Crippen molar-refractivity contribution in [2.75, 3.05) is 19.7 Å². The van der Waals surface area contributed by atoms with E-state index in [2.05, 4.69) is 15.6 Å². The second-order valence-corrected chi connectivity index (χ2v) is 9.99. The molecule has 0 aliphatic carbocycles. The number of ether oxygens (including phenoxy) is 1. The van der Waals surface area contributed by atoms with E-state index in [1.807, 2.05) is 54.6 Å². The van der Waals surface area contributed by atoms with Gasteiger partial charge >= 0.3 is 6.09 Å². The molecule has 0 saturated heterocycles. The van der Waals surface area contributed by atoms with Gasteiger partial charge in [-0.3, -0.25) is 4.79 Å². The molecule has 1 heterocycles. The monoisotopic (exact) mass is 559 g/mol. The Balaban J connectivity index is 1.13. The van der Waals surface area contributed by atoms with Gasteiger partial charge in [-0.25, -0.2) is 4.79 Å².